The van der Waals surface area contributed by atoms with Gasteiger partial charge in [-0.05, 0) is 30.5 Å². The Morgan fingerprint density at radius 1 is 1.29 bits per heavy atom. The molecule has 2 aromatic rings. The fourth-order valence-electron chi connectivity index (χ4n) is 2.95. The average Bonchev–Trinajstić information content (AvgIpc) is 3.27. The number of aromatic nitrogens is 1. The molecule has 1 aromatic carbocycles. The summed E-state index contributed by atoms with van der Waals surface area (Å²) in [6, 6.07) is 3.62. The molecular weight excluding hydrogens is 332 g/mol. The molecule has 1 aliphatic heterocycles. The van der Waals surface area contributed by atoms with E-state index in [1.165, 1.54) is 23.5 Å². The Morgan fingerprint density at radius 2 is 2.04 bits per heavy atom. The summed E-state index contributed by atoms with van der Waals surface area (Å²) in [4.78, 5) is 19.6. The van der Waals surface area contributed by atoms with Crippen LogP contribution >= 0.6 is 11.3 Å². The van der Waals surface area contributed by atoms with Crippen molar-refractivity contribution in [3.63, 3.8) is 0 Å². The van der Waals surface area contributed by atoms with Gasteiger partial charge in [-0.1, -0.05) is 0 Å². The highest BCUT2D eigenvalue weighted by Crippen LogP contribution is 2.33. The minimum absolute atomic E-state index is 0.0631. The predicted octanol–water partition coefficient (Wildman–Crippen LogP) is 3.33. The summed E-state index contributed by atoms with van der Waals surface area (Å²) < 4.78 is 26.6. The van der Waals surface area contributed by atoms with Crippen LogP contribution in [0.3, 0.4) is 0 Å². The zero-order chi connectivity index (χ0) is 16.7. The molecule has 0 bridgehead atoms. The van der Waals surface area contributed by atoms with Crippen molar-refractivity contribution in [3.05, 3.63) is 46.0 Å². The number of nitrogens with one attached hydrogen (secondary N) is 1. The summed E-state index contributed by atoms with van der Waals surface area (Å²) in [5, 5.41) is 3.55. The SMILES string of the molecule is O=C(Nc1nc2c(s1)CN(Cc1cc(F)cc(F)c1)CC2)C1CC1. The summed E-state index contributed by atoms with van der Waals surface area (Å²) in [6.07, 6.45) is 2.72. The molecule has 1 amide bonds. The maximum absolute atomic E-state index is 13.3. The van der Waals surface area contributed by atoms with Crippen LogP contribution in [-0.4, -0.2) is 22.3 Å². The van der Waals surface area contributed by atoms with Crippen LogP contribution in [0.5, 0.6) is 0 Å². The molecule has 0 radical (unpaired) electrons. The Hall–Kier alpha value is -1.86. The van der Waals surface area contributed by atoms with Gasteiger partial charge in [0, 0.05) is 42.9 Å². The number of carbonyl (C=O) groups is 1. The molecular formula is C17H17F2N3OS. The van der Waals surface area contributed by atoms with Gasteiger partial charge in [-0.25, -0.2) is 13.8 Å². The largest absolute Gasteiger partial charge is 0.302 e. The van der Waals surface area contributed by atoms with Gasteiger partial charge in [0.05, 0.1) is 5.69 Å². The molecule has 0 unspecified atom stereocenters. The summed E-state index contributed by atoms with van der Waals surface area (Å²) in [5.41, 5.74) is 1.65. The fourth-order valence-corrected chi connectivity index (χ4v) is 4.00. The van der Waals surface area contributed by atoms with Gasteiger partial charge in [-0.15, -0.1) is 11.3 Å². The lowest BCUT2D eigenvalue weighted by Gasteiger charge is -2.25. The first-order chi connectivity index (χ1) is 11.6. The smallest absolute Gasteiger partial charge is 0.229 e. The van der Waals surface area contributed by atoms with E-state index in [0.717, 1.165) is 42.4 Å². The molecule has 2 heterocycles. The van der Waals surface area contributed by atoms with Gasteiger partial charge >= 0.3 is 0 Å². The fraction of sp³-hybridized carbons (Fsp3) is 0.412. The van der Waals surface area contributed by atoms with Crippen LogP contribution < -0.4 is 5.32 Å². The second kappa shape index (κ2) is 6.22. The summed E-state index contributed by atoms with van der Waals surface area (Å²) in [5.74, 6) is -0.880. The highest BCUT2D eigenvalue weighted by Gasteiger charge is 2.30. The van der Waals surface area contributed by atoms with Crippen LogP contribution in [0.1, 0.15) is 29.0 Å². The second-order valence-corrected chi connectivity index (χ2v) is 7.47. The number of halogens is 2. The lowest BCUT2D eigenvalue weighted by Crippen LogP contribution is -2.29. The Bertz CT molecular complexity index is 768. The molecule has 1 N–H and O–H groups in total. The summed E-state index contributed by atoms with van der Waals surface area (Å²) in [6.45, 7) is 1.96. The Balaban J connectivity index is 1.43. The summed E-state index contributed by atoms with van der Waals surface area (Å²) >= 11 is 1.50. The monoisotopic (exact) mass is 349 g/mol. The van der Waals surface area contributed by atoms with E-state index < -0.39 is 11.6 Å². The molecule has 1 aromatic heterocycles. The number of carbonyl (C=O) groups excluding carboxylic acids is 1. The maximum Gasteiger partial charge on any atom is 0.229 e. The van der Waals surface area contributed by atoms with Crippen molar-refractivity contribution >= 4 is 22.4 Å². The highest BCUT2D eigenvalue weighted by molar-refractivity contribution is 7.15. The predicted molar refractivity (Wildman–Crippen MR) is 87.6 cm³/mol. The number of anilines is 1. The first-order valence-electron chi connectivity index (χ1n) is 8.03. The first-order valence-corrected chi connectivity index (χ1v) is 8.85. The molecule has 24 heavy (non-hydrogen) atoms. The molecule has 4 rings (SSSR count). The minimum atomic E-state index is -0.550. The number of hydrogen-bond donors (Lipinski definition) is 1. The van der Waals surface area contributed by atoms with Crippen molar-refractivity contribution in [2.75, 3.05) is 11.9 Å². The van der Waals surface area contributed by atoms with E-state index >= 15 is 0 Å². The molecule has 1 aliphatic carbocycles. The molecule has 1 fully saturated rings. The van der Waals surface area contributed by atoms with Crippen LogP contribution in [0, 0.1) is 17.6 Å². The maximum atomic E-state index is 13.3. The van der Waals surface area contributed by atoms with E-state index in [2.05, 4.69) is 15.2 Å². The van der Waals surface area contributed by atoms with Gasteiger partial charge < -0.3 is 5.32 Å². The van der Waals surface area contributed by atoms with Crippen LogP contribution in [0.15, 0.2) is 18.2 Å². The van der Waals surface area contributed by atoms with E-state index in [1.807, 2.05) is 0 Å². The summed E-state index contributed by atoms with van der Waals surface area (Å²) in [7, 11) is 0. The Labute approximate surface area is 142 Å². The molecule has 0 atom stereocenters. The van der Waals surface area contributed by atoms with Gasteiger partial charge in [-0.3, -0.25) is 9.69 Å². The van der Waals surface area contributed by atoms with Gasteiger partial charge in [0.1, 0.15) is 11.6 Å². The van der Waals surface area contributed by atoms with E-state index in [0.29, 0.717) is 23.8 Å². The van der Waals surface area contributed by atoms with Crippen LogP contribution in [0.4, 0.5) is 13.9 Å². The Morgan fingerprint density at radius 3 is 2.75 bits per heavy atom. The van der Waals surface area contributed by atoms with Crippen LogP contribution in [0.2, 0.25) is 0 Å². The van der Waals surface area contributed by atoms with Gasteiger partial charge in [0.25, 0.3) is 0 Å². The highest BCUT2D eigenvalue weighted by atomic mass is 32.1. The number of amides is 1. The molecule has 4 nitrogen and oxygen atoms in total. The van der Waals surface area contributed by atoms with Crippen molar-refractivity contribution in [2.24, 2.45) is 5.92 Å². The number of benzene rings is 1. The number of rotatable bonds is 4. The van der Waals surface area contributed by atoms with E-state index in [9.17, 15) is 13.6 Å². The molecule has 7 heteroatoms. The minimum Gasteiger partial charge on any atom is -0.302 e. The van der Waals surface area contributed by atoms with Gasteiger partial charge in [-0.2, -0.15) is 0 Å². The lowest BCUT2D eigenvalue weighted by molar-refractivity contribution is -0.117. The standard InChI is InChI=1S/C17H17F2N3OS/c18-12-5-10(6-13(19)7-12)8-22-4-3-14-15(9-22)24-17(20-14)21-16(23)11-1-2-11/h5-7,11H,1-4,8-9H2,(H,20,21,23). The van der Waals surface area contributed by atoms with Crippen molar-refractivity contribution in [1.29, 1.82) is 0 Å². The number of nitrogens with zero attached hydrogens (tertiary/aromatic N) is 2. The van der Waals surface area contributed by atoms with E-state index in [-0.39, 0.29) is 11.8 Å². The number of thiazole rings is 1. The number of fused-ring (bicyclic) bond motifs is 1. The quantitative estimate of drug-likeness (QED) is 0.921. The second-order valence-electron chi connectivity index (χ2n) is 6.39. The third-order valence-electron chi connectivity index (χ3n) is 4.32. The molecule has 2 aliphatic rings. The number of hydrogen-bond acceptors (Lipinski definition) is 4. The van der Waals surface area contributed by atoms with E-state index in [4.69, 9.17) is 0 Å². The zero-order valence-corrected chi connectivity index (χ0v) is 13.8. The third kappa shape index (κ3) is 3.47. The zero-order valence-electron chi connectivity index (χ0n) is 13.0. The molecule has 126 valence electrons. The first kappa shape index (κ1) is 15.7. The van der Waals surface area contributed by atoms with Crippen molar-refractivity contribution < 1.29 is 13.6 Å². The molecule has 0 spiro atoms. The Kier molecular flexibility index (Phi) is 4.05. The van der Waals surface area contributed by atoms with Gasteiger partial charge in [0.2, 0.25) is 5.91 Å². The van der Waals surface area contributed by atoms with Crippen LogP contribution in [0.25, 0.3) is 0 Å². The molecule has 0 saturated heterocycles. The van der Waals surface area contributed by atoms with Gasteiger partial charge in [0.15, 0.2) is 5.13 Å². The van der Waals surface area contributed by atoms with Crippen molar-refractivity contribution in [2.45, 2.75) is 32.4 Å². The lowest BCUT2D eigenvalue weighted by atomic mass is 10.1. The van der Waals surface area contributed by atoms with Crippen molar-refractivity contribution in [3.8, 4) is 0 Å². The average molecular weight is 349 g/mol. The molecule has 1 saturated carbocycles. The van der Waals surface area contributed by atoms with E-state index in [1.54, 1.807) is 0 Å². The third-order valence-corrected chi connectivity index (χ3v) is 5.31. The topological polar surface area (TPSA) is 45.2 Å². The normalized spacial score (nSPS) is 17.6. The van der Waals surface area contributed by atoms with Crippen molar-refractivity contribution in [1.82, 2.24) is 9.88 Å². The van der Waals surface area contributed by atoms with Crippen LogP contribution in [-0.2, 0) is 24.3 Å².